The molecule has 0 aliphatic carbocycles. The molecule has 0 aromatic carbocycles. The lowest BCUT2D eigenvalue weighted by Gasteiger charge is -1.98. The standard InChI is InChI=1S/C16H17N3O2/c1-4-14-13(16(17)19-10-18-14)9-11(2)15-6-5-12(21-15)7-8-20-3/h4-10H,2H2,1,3H3,(H2,17,18,19)/b8-7+,13-9+,14-4+. The molecule has 0 aliphatic rings. The molecule has 0 spiro atoms. The number of nitrogen functional groups attached to an aromatic ring is 1. The molecule has 2 aromatic heterocycles. The molecule has 2 heterocycles. The average Bonchev–Trinajstić information content (AvgIpc) is 2.96. The van der Waals surface area contributed by atoms with Crippen LogP contribution in [0.5, 0.6) is 0 Å². The van der Waals surface area contributed by atoms with Gasteiger partial charge in [-0.05, 0) is 25.1 Å². The Kier molecular flexibility index (Phi) is 4.56. The van der Waals surface area contributed by atoms with E-state index in [1.807, 2.05) is 31.2 Å². The molecule has 5 nitrogen and oxygen atoms in total. The van der Waals surface area contributed by atoms with Gasteiger partial charge in [0.15, 0.2) is 0 Å². The van der Waals surface area contributed by atoms with E-state index in [-0.39, 0.29) is 0 Å². The third kappa shape index (κ3) is 3.39. The summed E-state index contributed by atoms with van der Waals surface area (Å²) in [6.07, 6.45) is 8.38. The first-order valence-corrected chi connectivity index (χ1v) is 6.38. The Bertz CT molecular complexity index is 788. The summed E-state index contributed by atoms with van der Waals surface area (Å²) in [5.74, 6) is 1.74. The Morgan fingerprint density at radius 2 is 2.19 bits per heavy atom. The summed E-state index contributed by atoms with van der Waals surface area (Å²) in [7, 11) is 1.58. The van der Waals surface area contributed by atoms with Gasteiger partial charge in [0.2, 0.25) is 0 Å². The van der Waals surface area contributed by atoms with Crippen molar-refractivity contribution in [2.24, 2.45) is 0 Å². The van der Waals surface area contributed by atoms with Crippen LogP contribution >= 0.6 is 0 Å². The van der Waals surface area contributed by atoms with Crippen LogP contribution in [0.15, 0.2) is 35.7 Å². The normalized spacial score (nSPS) is 13.0. The molecule has 2 rings (SSSR count). The number of aromatic nitrogens is 2. The summed E-state index contributed by atoms with van der Waals surface area (Å²) in [6, 6.07) is 3.67. The van der Waals surface area contributed by atoms with Crippen molar-refractivity contribution < 1.29 is 9.15 Å². The van der Waals surface area contributed by atoms with Crippen LogP contribution < -0.4 is 16.3 Å². The number of allylic oxidation sites excluding steroid dienone is 1. The molecule has 0 aliphatic heterocycles. The smallest absolute Gasteiger partial charge is 0.134 e. The maximum absolute atomic E-state index is 5.89. The van der Waals surface area contributed by atoms with Gasteiger partial charge in [-0.1, -0.05) is 12.7 Å². The highest BCUT2D eigenvalue weighted by Gasteiger charge is 2.03. The van der Waals surface area contributed by atoms with E-state index >= 15 is 0 Å². The van der Waals surface area contributed by atoms with Gasteiger partial charge in [0.05, 0.1) is 18.7 Å². The number of hydrogen-bond acceptors (Lipinski definition) is 5. The van der Waals surface area contributed by atoms with E-state index in [2.05, 4.69) is 16.5 Å². The van der Waals surface area contributed by atoms with Crippen LogP contribution in [-0.2, 0) is 4.74 Å². The minimum atomic E-state index is 0.408. The van der Waals surface area contributed by atoms with Gasteiger partial charge in [-0.2, -0.15) is 0 Å². The van der Waals surface area contributed by atoms with Crippen LogP contribution in [0, 0.1) is 0 Å². The van der Waals surface area contributed by atoms with Crippen molar-refractivity contribution >= 4 is 29.6 Å². The molecule has 108 valence electrons. The molecular weight excluding hydrogens is 266 g/mol. The van der Waals surface area contributed by atoms with E-state index < -0.39 is 0 Å². The second-order valence-electron chi connectivity index (χ2n) is 4.26. The van der Waals surface area contributed by atoms with Crippen LogP contribution in [0.1, 0.15) is 18.4 Å². The lowest BCUT2D eigenvalue weighted by molar-refractivity contribution is 0.340. The number of anilines is 1. The molecule has 5 heteroatoms. The van der Waals surface area contributed by atoms with Gasteiger partial charge in [0, 0.05) is 16.9 Å². The molecule has 0 fully saturated rings. The Morgan fingerprint density at radius 3 is 2.90 bits per heavy atom. The summed E-state index contributed by atoms with van der Waals surface area (Å²) >= 11 is 0. The second-order valence-corrected chi connectivity index (χ2v) is 4.26. The third-order valence-electron chi connectivity index (χ3n) is 2.85. The number of hydrogen-bond donors (Lipinski definition) is 1. The molecule has 0 unspecified atom stereocenters. The van der Waals surface area contributed by atoms with Crippen molar-refractivity contribution in [3.63, 3.8) is 0 Å². The third-order valence-corrected chi connectivity index (χ3v) is 2.85. The van der Waals surface area contributed by atoms with Gasteiger partial charge in [-0.3, -0.25) is 0 Å². The van der Waals surface area contributed by atoms with Gasteiger partial charge >= 0.3 is 0 Å². The zero-order valence-corrected chi connectivity index (χ0v) is 12.0. The summed E-state index contributed by atoms with van der Waals surface area (Å²) < 4.78 is 10.5. The molecule has 0 radical (unpaired) electrons. The van der Waals surface area contributed by atoms with Crippen LogP contribution in [0.3, 0.4) is 0 Å². The Balaban J connectivity index is 2.40. The highest BCUT2D eigenvalue weighted by Crippen LogP contribution is 2.18. The number of ether oxygens (including phenoxy) is 1. The second kappa shape index (κ2) is 6.56. The highest BCUT2D eigenvalue weighted by atomic mass is 16.5. The fourth-order valence-corrected chi connectivity index (χ4v) is 1.80. The minimum Gasteiger partial charge on any atom is -0.504 e. The number of methoxy groups -OCH3 is 1. The van der Waals surface area contributed by atoms with E-state index in [1.165, 1.54) is 6.33 Å². The zero-order valence-electron chi connectivity index (χ0n) is 12.0. The predicted molar refractivity (Wildman–Crippen MR) is 84.1 cm³/mol. The molecule has 2 aromatic rings. The predicted octanol–water partition coefficient (Wildman–Crippen LogP) is 1.56. The monoisotopic (exact) mass is 283 g/mol. The van der Waals surface area contributed by atoms with Gasteiger partial charge in [-0.15, -0.1) is 0 Å². The Labute approximate surface area is 122 Å². The maximum atomic E-state index is 5.89. The quantitative estimate of drug-likeness (QED) is 0.862. The van der Waals surface area contributed by atoms with E-state index in [0.717, 1.165) is 10.6 Å². The van der Waals surface area contributed by atoms with E-state index in [1.54, 1.807) is 19.4 Å². The molecule has 21 heavy (non-hydrogen) atoms. The van der Waals surface area contributed by atoms with Crippen LogP contribution in [0.4, 0.5) is 5.82 Å². The Morgan fingerprint density at radius 1 is 1.38 bits per heavy atom. The van der Waals surface area contributed by atoms with Crippen LogP contribution in [-0.4, -0.2) is 17.1 Å². The summed E-state index contributed by atoms with van der Waals surface area (Å²) in [4.78, 5) is 8.17. The minimum absolute atomic E-state index is 0.408. The SMILES string of the molecule is C=C(/C=c1/c(N)ncn/c1=C/C)c1ccc(/C=C/OC)o1. The molecule has 0 atom stereocenters. The molecule has 0 amide bonds. The first-order valence-electron chi connectivity index (χ1n) is 6.38. The summed E-state index contributed by atoms with van der Waals surface area (Å²) in [5, 5.41) is 1.49. The summed E-state index contributed by atoms with van der Waals surface area (Å²) in [5.41, 5.74) is 6.58. The number of nitrogens with two attached hydrogens (primary N) is 1. The summed E-state index contributed by atoms with van der Waals surface area (Å²) in [6.45, 7) is 5.89. The first-order chi connectivity index (χ1) is 10.2. The molecule has 0 bridgehead atoms. The van der Waals surface area contributed by atoms with Crippen molar-refractivity contribution in [3.8, 4) is 0 Å². The number of furan rings is 1. The van der Waals surface area contributed by atoms with Gasteiger partial charge in [0.1, 0.15) is 23.7 Å². The lowest BCUT2D eigenvalue weighted by atomic mass is 10.2. The van der Waals surface area contributed by atoms with Gasteiger partial charge < -0.3 is 14.9 Å². The van der Waals surface area contributed by atoms with Crippen molar-refractivity contribution in [1.82, 2.24) is 9.97 Å². The van der Waals surface area contributed by atoms with Gasteiger partial charge in [-0.25, -0.2) is 9.97 Å². The van der Waals surface area contributed by atoms with Gasteiger partial charge in [0.25, 0.3) is 0 Å². The largest absolute Gasteiger partial charge is 0.504 e. The molecule has 0 saturated heterocycles. The molecular formula is C16H17N3O2. The van der Waals surface area contributed by atoms with E-state index in [9.17, 15) is 0 Å². The number of nitrogens with zero attached hydrogens (tertiary/aromatic N) is 2. The van der Waals surface area contributed by atoms with Crippen molar-refractivity contribution in [1.29, 1.82) is 0 Å². The number of rotatable bonds is 4. The van der Waals surface area contributed by atoms with E-state index in [0.29, 0.717) is 22.9 Å². The zero-order chi connectivity index (χ0) is 15.2. The maximum Gasteiger partial charge on any atom is 0.134 e. The Hall–Kier alpha value is -2.82. The molecule has 0 saturated carbocycles. The van der Waals surface area contributed by atoms with Crippen LogP contribution in [0.2, 0.25) is 0 Å². The lowest BCUT2D eigenvalue weighted by Crippen LogP contribution is -2.31. The highest BCUT2D eigenvalue weighted by molar-refractivity contribution is 5.85. The molecule has 2 N–H and O–H groups in total. The fourth-order valence-electron chi connectivity index (χ4n) is 1.80. The van der Waals surface area contributed by atoms with Crippen molar-refractivity contribution in [2.45, 2.75) is 6.92 Å². The van der Waals surface area contributed by atoms with Crippen molar-refractivity contribution in [2.75, 3.05) is 12.8 Å². The first kappa shape index (κ1) is 14.6. The van der Waals surface area contributed by atoms with Crippen LogP contribution in [0.25, 0.3) is 23.8 Å². The average molecular weight is 283 g/mol. The topological polar surface area (TPSA) is 74.2 Å². The fraction of sp³-hybridized carbons (Fsp3) is 0.125. The van der Waals surface area contributed by atoms with Crippen molar-refractivity contribution in [3.05, 3.63) is 53.4 Å². The van der Waals surface area contributed by atoms with E-state index in [4.69, 9.17) is 14.9 Å².